The Kier molecular flexibility index (Phi) is 5.54. The maximum Gasteiger partial charge on any atom is 0.255 e. The number of imidazole rings is 1. The zero-order chi connectivity index (χ0) is 22.1. The van der Waals surface area contributed by atoms with Crippen molar-refractivity contribution in [2.45, 2.75) is 24.2 Å². The molecule has 7 nitrogen and oxygen atoms in total. The molecule has 1 amide bonds. The normalized spacial score (nSPS) is 15.1. The topological polar surface area (TPSA) is 83.8 Å². The predicted molar refractivity (Wildman–Crippen MR) is 126 cm³/mol. The lowest BCUT2D eigenvalue weighted by atomic mass is 10.1. The Labute approximate surface area is 190 Å². The number of anilines is 1. The van der Waals surface area contributed by atoms with Crippen LogP contribution >= 0.6 is 11.3 Å². The number of hydrogen-bond acceptors (Lipinski definition) is 5. The van der Waals surface area contributed by atoms with Gasteiger partial charge >= 0.3 is 0 Å². The molecule has 2 aromatic heterocycles. The van der Waals surface area contributed by atoms with E-state index >= 15 is 0 Å². The number of hydrogen-bond donors (Lipinski definition) is 1. The van der Waals surface area contributed by atoms with E-state index in [-0.39, 0.29) is 10.8 Å². The standard InChI is InChI=1S/C23H22N4O3S2/c28-22(17-7-9-20(10-8-17)32(29,30)27-11-2-1-3-12-27)24-19-6-4-5-18(15-19)21-16-26-13-14-31-23(26)25-21/h4-10,13-16H,1-3,11-12H2,(H,24,28). The van der Waals surface area contributed by atoms with Gasteiger partial charge in [0.2, 0.25) is 10.0 Å². The molecule has 4 aromatic rings. The molecule has 9 heteroatoms. The lowest BCUT2D eigenvalue weighted by molar-refractivity contribution is 0.102. The number of nitrogens with zero attached hydrogens (tertiary/aromatic N) is 3. The molecule has 32 heavy (non-hydrogen) atoms. The van der Waals surface area contributed by atoms with E-state index in [0.29, 0.717) is 24.3 Å². The first-order chi connectivity index (χ1) is 15.5. The summed E-state index contributed by atoms with van der Waals surface area (Å²) in [5.41, 5.74) is 2.78. The van der Waals surface area contributed by atoms with Crippen molar-refractivity contribution in [3.05, 3.63) is 71.9 Å². The number of fused-ring (bicyclic) bond motifs is 1. The summed E-state index contributed by atoms with van der Waals surface area (Å²) in [6.07, 6.45) is 6.74. The molecule has 0 radical (unpaired) electrons. The van der Waals surface area contributed by atoms with Crippen LogP contribution in [0.4, 0.5) is 5.69 Å². The van der Waals surface area contributed by atoms with Crippen LogP contribution in [0.5, 0.6) is 0 Å². The number of amides is 1. The highest BCUT2D eigenvalue weighted by Gasteiger charge is 2.26. The Morgan fingerprint density at radius 3 is 2.56 bits per heavy atom. The molecule has 0 spiro atoms. The van der Waals surface area contributed by atoms with E-state index in [1.807, 2.05) is 46.4 Å². The third-order valence-corrected chi connectivity index (χ3v) is 8.26. The van der Waals surface area contributed by atoms with Crippen LogP contribution in [0.3, 0.4) is 0 Å². The number of rotatable bonds is 5. The molecule has 0 atom stereocenters. The lowest BCUT2D eigenvalue weighted by Crippen LogP contribution is -2.35. The van der Waals surface area contributed by atoms with Gasteiger partial charge in [-0.25, -0.2) is 13.4 Å². The summed E-state index contributed by atoms with van der Waals surface area (Å²) in [6, 6.07) is 13.6. The molecular formula is C23H22N4O3S2. The van der Waals surface area contributed by atoms with Crippen LogP contribution in [0.15, 0.2) is 71.2 Å². The summed E-state index contributed by atoms with van der Waals surface area (Å²) in [4.78, 5) is 18.5. The SMILES string of the molecule is O=C(Nc1cccc(-c2cn3ccsc3n2)c1)c1ccc(S(=O)(=O)N2CCCCC2)cc1. The first-order valence-corrected chi connectivity index (χ1v) is 12.8. The highest BCUT2D eigenvalue weighted by atomic mass is 32.2. The lowest BCUT2D eigenvalue weighted by Gasteiger charge is -2.25. The zero-order valence-corrected chi connectivity index (χ0v) is 18.9. The summed E-state index contributed by atoms with van der Waals surface area (Å²) < 4.78 is 29.1. The molecule has 164 valence electrons. The first kappa shape index (κ1) is 20.9. The zero-order valence-electron chi connectivity index (χ0n) is 17.3. The maximum atomic E-state index is 12.8. The third-order valence-electron chi connectivity index (χ3n) is 5.58. The van der Waals surface area contributed by atoms with Gasteiger partial charge in [-0.1, -0.05) is 18.6 Å². The van der Waals surface area contributed by atoms with Crippen LogP contribution in [0.25, 0.3) is 16.2 Å². The van der Waals surface area contributed by atoms with Gasteiger partial charge in [0.1, 0.15) is 0 Å². The molecule has 0 saturated carbocycles. The van der Waals surface area contributed by atoms with Gasteiger partial charge in [0.15, 0.2) is 4.96 Å². The number of aromatic nitrogens is 2. The van der Waals surface area contributed by atoms with E-state index in [2.05, 4.69) is 10.3 Å². The minimum absolute atomic E-state index is 0.220. The molecule has 1 aliphatic rings. The maximum absolute atomic E-state index is 12.8. The Bertz CT molecular complexity index is 1340. The predicted octanol–water partition coefficient (Wildman–Crippen LogP) is 4.49. The van der Waals surface area contributed by atoms with Crippen molar-refractivity contribution in [1.82, 2.24) is 13.7 Å². The second-order valence-corrected chi connectivity index (χ2v) is 10.6. The second-order valence-electron chi connectivity index (χ2n) is 7.74. The van der Waals surface area contributed by atoms with Crippen LogP contribution < -0.4 is 5.32 Å². The number of carbonyl (C=O) groups excluding carboxylic acids is 1. The Balaban J connectivity index is 1.31. The molecule has 1 fully saturated rings. The van der Waals surface area contributed by atoms with Crippen LogP contribution in [0.2, 0.25) is 0 Å². The van der Waals surface area contributed by atoms with Crippen molar-refractivity contribution in [3.8, 4) is 11.3 Å². The number of thiazole rings is 1. The van der Waals surface area contributed by atoms with Crippen molar-refractivity contribution in [2.24, 2.45) is 0 Å². The quantitative estimate of drug-likeness (QED) is 0.470. The van der Waals surface area contributed by atoms with E-state index in [0.717, 1.165) is 35.5 Å². The number of piperidine rings is 1. The summed E-state index contributed by atoms with van der Waals surface area (Å²) in [5, 5.41) is 4.86. The summed E-state index contributed by atoms with van der Waals surface area (Å²) >= 11 is 1.56. The van der Waals surface area contributed by atoms with Gasteiger partial charge < -0.3 is 5.32 Å². The van der Waals surface area contributed by atoms with Gasteiger partial charge in [-0.15, -0.1) is 11.3 Å². The number of nitrogens with one attached hydrogen (secondary N) is 1. The summed E-state index contributed by atoms with van der Waals surface area (Å²) in [7, 11) is -3.51. The number of sulfonamides is 1. The fraction of sp³-hybridized carbons (Fsp3) is 0.217. The van der Waals surface area contributed by atoms with Gasteiger partial charge in [-0.05, 0) is 49.2 Å². The van der Waals surface area contributed by atoms with Gasteiger partial charge in [0.25, 0.3) is 5.91 Å². The fourth-order valence-electron chi connectivity index (χ4n) is 3.86. The fourth-order valence-corrected chi connectivity index (χ4v) is 6.08. The largest absolute Gasteiger partial charge is 0.322 e. The molecule has 5 rings (SSSR count). The monoisotopic (exact) mass is 466 g/mol. The number of benzene rings is 2. The molecule has 0 bridgehead atoms. The number of carbonyl (C=O) groups is 1. The van der Waals surface area contributed by atoms with Crippen molar-refractivity contribution in [3.63, 3.8) is 0 Å². The van der Waals surface area contributed by atoms with Crippen molar-refractivity contribution in [2.75, 3.05) is 18.4 Å². The third kappa shape index (κ3) is 4.06. The van der Waals surface area contributed by atoms with Gasteiger partial charge in [0, 0.05) is 47.7 Å². The Hall–Kier alpha value is -3.01. The highest BCUT2D eigenvalue weighted by Crippen LogP contribution is 2.25. The van der Waals surface area contributed by atoms with Crippen LogP contribution in [0.1, 0.15) is 29.6 Å². The van der Waals surface area contributed by atoms with Crippen molar-refractivity contribution >= 4 is 37.9 Å². The van der Waals surface area contributed by atoms with Gasteiger partial charge in [-0.2, -0.15) is 4.31 Å². The van der Waals surface area contributed by atoms with E-state index in [1.54, 1.807) is 23.5 Å². The molecule has 0 unspecified atom stereocenters. The Morgan fingerprint density at radius 1 is 1.03 bits per heavy atom. The highest BCUT2D eigenvalue weighted by molar-refractivity contribution is 7.89. The second kappa shape index (κ2) is 8.50. The first-order valence-electron chi connectivity index (χ1n) is 10.4. The van der Waals surface area contributed by atoms with E-state index in [9.17, 15) is 13.2 Å². The summed E-state index contributed by atoms with van der Waals surface area (Å²) in [5.74, 6) is -0.296. The molecule has 2 aromatic carbocycles. The van der Waals surface area contributed by atoms with Gasteiger partial charge in [-0.3, -0.25) is 9.20 Å². The van der Waals surface area contributed by atoms with Crippen LogP contribution in [-0.4, -0.2) is 41.1 Å². The molecule has 3 heterocycles. The van der Waals surface area contributed by atoms with E-state index in [4.69, 9.17) is 0 Å². The van der Waals surface area contributed by atoms with E-state index in [1.165, 1.54) is 16.4 Å². The average molecular weight is 467 g/mol. The van der Waals surface area contributed by atoms with Crippen LogP contribution in [0, 0.1) is 0 Å². The van der Waals surface area contributed by atoms with Gasteiger partial charge in [0.05, 0.1) is 10.6 Å². The van der Waals surface area contributed by atoms with Crippen molar-refractivity contribution < 1.29 is 13.2 Å². The molecule has 1 saturated heterocycles. The Morgan fingerprint density at radius 2 is 1.81 bits per heavy atom. The summed E-state index contributed by atoms with van der Waals surface area (Å²) in [6.45, 7) is 1.10. The molecule has 1 aliphatic heterocycles. The van der Waals surface area contributed by atoms with Crippen LogP contribution in [-0.2, 0) is 10.0 Å². The molecule has 0 aliphatic carbocycles. The van der Waals surface area contributed by atoms with Crippen molar-refractivity contribution in [1.29, 1.82) is 0 Å². The minimum Gasteiger partial charge on any atom is -0.322 e. The van der Waals surface area contributed by atoms with E-state index < -0.39 is 10.0 Å². The minimum atomic E-state index is -3.51. The molecular weight excluding hydrogens is 444 g/mol. The molecule has 1 N–H and O–H groups in total. The average Bonchev–Trinajstić information content (AvgIpc) is 3.43. The smallest absolute Gasteiger partial charge is 0.255 e.